The molecule has 0 aliphatic heterocycles. The molecule has 0 heterocycles. The first-order valence-corrected chi connectivity index (χ1v) is 9.42. The number of unbranched alkanes of at least 4 members (excludes halogenated alkanes) is 1. The van der Waals surface area contributed by atoms with Gasteiger partial charge in [-0.05, 0) is 32.7 Å². The van der Waals surface area contributed by atoms with Crippen LogP contribution in [0.2, 0.25) is 0 Å². The van der Waals surface area contributed by atoms with E-state index < -0.39 is 72.6 Å². The van der Waals surface area contributed by atoms with E-state index in [1.807, 2.05) is 5.32 Å². The Bertz CT molecular complexity index is 685. The zero-order valence-corrected chi connectivity index (χ0v) is 17.0. The summed E-state index contributed by atoms with van der Waals surface area (Å²) in [7, 11) is 0. The smallest absolute Gasteiger partial charge is 0.326 e. The molecule has 176 valence electrons. The van der Waals surface area contributed by atoms with Crippen molar-refractivity contribution in [1.82, 2.24) is 16.0 Å². The minimum Gasteiger partial charge on any atom is -0.481 e. The summed E-state index contributed by atoms with van der Waals surface area (Å²) < 4.78 is 0. The first-order chi connectivity index (χ1) is 14.4. The van der Waals surface area contributed by atoms with Gasteiger partial charge in [-0.1, -0.05) is 0 Å². The first-order valence-electron chi connectivity index (χ1n) is 9.42. The molecule has 4 unspecified atom stereocenters. The van der Waals surface area contributed by atoms with E-state index in [1.54, 1.807) is 0 Å². The molecule has 0 radical (unpaired) electrons. The first kappa shape index (κ1) is 27.7. The van der Waals surface area contributed by atoms with E-state index in [0.29, 0.717) is 19.4 Å². The minimum absolute atomic E-state index is 0.123. The van der Waals surface area contributed by atoms with E-state index >= 15 is 0 Å². The van der Waals surface area contributed by atoms with Crippen molar-refractivity contribution in [1.29, 1.82) is 0 Å². The summed E-state index contributed by atoms with van der Waals surface area (Å²) in [5.41, 5.74) is 10.7. The molecule has 14 nitrogen and oxygen atoms in total. The van der Waals surface area contributed by atoms with Crippen LogP contribution >= 0.6 is 0 Å². The maximum absolute atomic E-state index is 12.3. The highest BCUT2D eigenvalue weighted by Gasteiger charge is 2.30. The maximum atomic E-state index is 12.3. The van der Waals surface area contributed by atoms with Crippen LogP contribution in [0, 0.1) is 0 Å². The molecule has 31 heavy (non-hydrogen) atoms. The van der Waals surface area contributed by atoms with Gasteiger partial charge in [-0.15, -0.1) is 0 Å². The number of carboxylic acids is 3. The van der Waals surface area contributed by atoms with Gasteiger partial charge in [0.2, 0.25) is 17.7 Å². The summed E-state index contributed by atoms with van der Waals surface area (Å²) >= 11 is 0. The van der Waals surface area contributed by atoms with Crippen molar-refractivity contribution in [2.24, 2.45) is 11.5 Å². The van der Waals surface area contributed by atoms with Gasteiger partial charge in [0.1, 0.15) is 18.1 Å². The van der Waals surface area contributed by atoms with Crippen LogP contribution < -0.4 is 27.4 Å². The summed E-state index contributed by atoms with van der Waals surface area (Å²) in [6, 6.07) is -5.63. The van der Waals surface area contributed by atoms with Crippen molar-refractivity contribution in [3.05, 3.63) is 0 Å². The van der Waals surface area contributed by atoms with Gasteiger partial charge < -0.3 is 42.7 Å². The molecule has 4 atom stereocenters. The lowest BCUT2D eigenvalue weighted by molar-refractivity contribution is -0.143. The molecule has 0 aliphatic carbocycles. The van der Waals surface area contributed by atoms with Crippen molar-refractivity contribution >= 4 is 35.6 Å². The molecule has 0 aliphatic rings. The molecule has 10 N–H and O–H groups in total. The number of carbonyl (C=O) groups excluding carboxylic acids is 3. The predicted molar refractivity (Wildman–Crippen MR) is 104 cm³/mol. The Hall–Kier alpha value is -3.26. The normalized spacial score (nSPS) is 14.4. The molecule has 0 rings (SSSR count). The van der Waals surface area contributed by atoms with Gasteiger partial charge in [0, 0.05) is 0 Å². The predicted octanol–water partition coefficient (Wildman–Crippen LogP) is -3.05. The third-order valence-electron chi connectivity index (χ3n) is 4.06. The van der Waals surface area contributed by atoms with Crippen molar-refractivity contribution in [3.8, 4) is 0 Å². The molecule has 0 fully saturated rings. The fourth-order valence-corrected chi connectivity index (χ4v) is 2.37. The molecule has 0 saturated carbocycles. The molecule has 0 bridgehead atoms. The Morgan fingerprint density at radius 2 is 1.32 bits per heavy atom. The van der Waals surface area contributed by atoms with E-state index in [1.165, 1.54) is 6.92 Å². The summed E-state index contributed by atoms with van der Waals surface area (Å²) in [6.45, 7) is 1.60. The zero-order valence-electron chi connectivity index (χ0n) is 17.0. The second kappa shape index (κ2) is 13.9. The van der Waals surface area contributed by atoms with Crippen LogP contribution in [-0.4, -0.2) is 81.7 Å². The van der Waals surface area contributed by atoms with Crippen LogP contribution in [0.5, 0.6) is 0 Å². The average Bonchev–Trinajstić information content (AvgIpc) is 2.65. The number of nitrogens with two attached hydrogens (primary N) is 2. The van der Waals surface area contributed by atoms with Crippen LogP contribution in [0.4, 0.5) is 0 Å². The van der Waals surface area contributed by atoms with Crippen LogP contribution in [0.1, 0.15) is 39.0 Å². The van der Waals surface area contributed by atoms with Crippen molar-refractivity contribution in [3.63, 3.8) is 0 Å². The second-order valence-corrected chi connectivity index (χ2v) is 6.78. The molecule has 0 aromatic heterocycles. The number of hydrogen-bond acceptors (Lipinski definition) is 8. The van der Waals surface area contributed by atoms with Gasteiger partial charge in [0.05, 0.1) is 18.9 Å². The largest absolute Gasteiger partial charge is 0.481 e. The Balaban J connectivity index is 5.03. The fraction of sp³-hybridized carbons (Fsp3) is 0.647. The van der Waals surface area contributed by atoms with Gasteiger partial charge in [-0.3, -0.25) is 24.0 Å². The van der Waals surface area contributed by atoms with Crippen LogP contribution in [-0.2, 0) is 28.8 Å². The standard InChI is InChI=1S/C17H29N5O9/c1-8(14(27)21-10(17(30)31)4-2-3-5-18)20-16(29)11(7-13(25)26)22-15(28)9(19)6-12(23)24/h8-11H,2-7,18-19H2,1H3,(H,20,29)(H,21,27)(H,22,28)(H,23,24)(H,25,26)(H,30,31). The number of rotatable bonds is 15. The summed E-state index contributed by atoms with van der Waals surface area (Å²) in [5, 5.41) is 33.3. The number of carboxylic acid groups (broad SMARTS) is 3. The number of carbonyl (C=O) groups is 6. The summed E-state index contributed by atoms with van der Waals surface area (Å²) in [5.74, 6) is -7.03. The molecule has 0 saturated heterocycles. The molecule has 0 aromatic rings. The molecular weight excluding hydrogens is 418 g/mol. The molecule has 14 heteroatoms. The van der Waals surface area contributed by atoms with E-state index in [-0.39, 0.29) is 6.42 Å². The van der Waals surface area contributed by atoms with E-state index in [0.717, 1.165) is 0 Å². The SMILES string of the molecule is CC(NC(=O)C(CC(=O)O)NC(=O)C(N)CC(=O)O)C(=O)NC(CCCCN)C(=O)O. The van der Waals surface area contributed by atoms with Gasteiger partial charge in [0.25, 0.3) is 0 Å². The second-order valence-electron chi connectivity index (χ2n) is 6.78. The Kier molecular flexibility index (Phi) is 12.4. The zero-order chi connectivity index (χ0) is 24.1. The van der Waals surface area contributed by atoms with Gasteiger partial charge in [0.15, 0.2) is 0 Å². The summed E-state index contributed by atoms with van der Waals surface area (Å²) in [6.07, 6.45) is -0.461. The van der Waals surface area contributed by atoms with Gasteiger partial charge in [-0.25, -0.2) is 4.79 Å². The van der Waals surface area contributed by atoms with Crippen molar-refractivity contribution in [2.45, 2.75) is 63.2 Å². The Labute approximate surface area is 177 Å². The molecule has 0 spiro atoms. The van der Waals surface area contributed by atoms with E-state index in [9.17, 15) is 33.9 Å². The highest BCUT2D eigenvalue weighted by molar-refractivity contribution is 5.96. The van der Waals surface area contributed by atoms with Crippen LogP contribution in [0.3, 0.4) is 0 Å². The minimum atomic E-state index is -1.64. The molecule has 0 aromatic carbocycles. The average molecular weight is 447 g/mol. The monoisotopic (exact) mass is 447 g/mol. The number of aliphatic carboxylic acids is 3. The van der Waals surface area contributed by atoms with E-state index in [2.05, 4.69) is 10.6 Å². The number of amides is 3. The fourth-order valence-electron chi connectivity index (χ4n) is 2.37. The Morgan fingerprint density at radius 1 is 0.774 bits per heavy atom. The van der Waals surface area contributed by atoms with Crippen LogP contribution in [0.15, 0.2) is 0 Å². The number of hydrogen-bond donors (Lipinski definition) is 8. The number of nitrogens with one attached hydrogen (secondary N) is 3. The van der Waals surface area contributed by atoms with Gasteiger partial charge >= 0.3 is 17.9 Å². The van der Waals surface area contributed by atoms with Crippen molar-refractivity contribution in [2.75, 3.05) is 6.54 Å². The van der Waals surface area contributed by atoms with Gasteiger partial charge in [-0.2, -0.15) is 0 Å². The molecule has 3 amide bonds. The van der Waals surface area contributed by atoms with Crippen LogP contribution in [0.25, 0.3) is 0 Å². The lowest BCUT2D eigenvalue weighted by Gasteiger charge is -2.22. The highest BCUT2D eigenvalue weighted by atomic mass is 16.4. The lowest BCUT2D eigenvalue weighted by Crippen LogP contribution is -2.56. The maximum Gasteiger partial charge on any atom is 0.326 e. The van der Waals surface area contributed by atoms with Crippen molar-refractivity contribution < 1.29 is 44.1 Å². The summed E-state index contributed by atoms with van der Waals surface area (Å²) in [4.78, 5) is 69.4. The third-order valence-corrected chi connectivity index (χ3v) is 4.06. The quantitative estimate of drug-likeness (QED) is 0.117. The highest BCUT2D eigenvalue weighted by Crippen LogP contribution is 2.02. The third kappa shape index (κ3) is 11.5. The lowest BCUT2D eigenvalue weighted by atomic mass is 10.1. The molecular formula is C17H29N5O9. The van der Waals surface area contributed by atoms with E-state index in [4.69, 9.17) is 21.7 Å². The Morgan fingerprint density at radius 3 is 1.81 bits per heavy atom. The topological polar surface area (TPSA) is 251 Å².